The molecule has 0 heterocycles. The lowest BCUT2D eigenvalue weighted by atomic mass is 9.99. The fraction of sp³-hybridized carbons (Fsp3) is 0.950. The summed E-state index contributed by atoms with van der Waals surface area (Å²) in [6, 6.07) is 0. The molecule has 4 unspecified atom stereocenters. The highest BCUT2D eigenvalue weighted by atomic mass is 31.2. The van der Waals surface area contributed by atoms with Gasteiger partial charge in [0.05, 0.1) is 26.4 Å². The van der Waals surface area contributed by atoms with E-state index >= 15 is 0 Å². The van der Waals surface area contributed by atoms with Crippen LogP contribution in [-0.2, 0) is 65.4 Å². The van der Waals surface area contributed by atoms with Crippen LogP contribution in [0.25, 0.3) is 0 Å². The first-order chi connectivity index (χ1) is 47.8. The molecular weight excluding hydrogens is 1290 g/mol. The maximum Gasteiger partial charge on any atom is 0.472 e. The first-order valence-electron chi connectivity index (χ1n) is 41.4. The summed E-state index contributed by atoms with van der Waals surface area (Å²) in [6.45, 7) is 11.9. The van der Waals surface area contributed by atoms with Gasteiger partial charge in [0.1, 0.15) is 19.3 Å². The lowest BCUT2D eigenvalue weighted by Gasteiger charge is -2.21. The van der Waals surface area contributed by atoms with Crippen molar-refractivity contribution in [1.29, 1.82) is 0 Å². The summed E-state index contributed by atoms with van der Waals surface area (Å²) in [5.74, 6) is 0.182. The van der Waals surface area contributed by atoms with E-state index < -0.39 is 97.5 Å². The normalized spacial score (nSPS) is 14.5. The van der Waals surface area contributed by atoms with E-state index in [-0.39, 0.29) is 25.7 Å². The van der Waals surface area contributed by atoms with E-state index in [1.807, 2.05) is 0 Å². The van der Waals surface area contributed by atoms with Gasteiger partial charge in [-0.2, -0.15) is 0 Å². The van der Waals surface area contributed by atoms with Crippen LogP contribution < -0.4 is 0 Å². The second-order valence-corrected chi connectivity index (χ2v) is 32.7. The number of carbonyl (C=O) groups is 4. The van der Waals surface area contributed by atoms with Gasteiger partial charge in [0.2, 0.25) is 0 Å². The molecular formula is C80H156O17P2. The van der Waals surface area contributed by atoms with E-state index in [2.05, 4.69) is 48.5 Å². The zero-order valence-electron chi connectivity index (χ0n) is 65.0. The molecule has 0 spiro atoms. The number of ether oxygens (including phenoxy) is 4. The van der Waals surface area contributed by atoms with Crippen LogP contribution in [0.15, 0.2) is 0 Å². The second-order valence-electron chi connectivity index (χ2n) is 29.8. The van der Waals surface area contributed by atoms with Crippen molar-refractivity contribution in [2.45, 2.75) is 433 Å². The van der Waals surface area contributed by atoms with Crippen molar-refractivity contribution in [2.24, 2.45) is 17.8 Å². The predicted octanol–water partition coefficient (Wildman–Crippen LogP) is 23.7. The van der Waals surface area contributed by atoms with Crippen molar-refractivity contribution < 1.29 is 80.2 Å². The van der Waals surface area contributed by atoms with Gasteiger partial charge in [0, 0.05) is 25.7 Å². The van der Waals surface area contributed by atoms with Crippen molar-refractivity contribution in [3.8, 4) is 0 Å². The van der Waals surface area contributed by atoms with Gasteiger partial charge in [-0.15, -0.1) is 0 Å². The van der Waals surface area contributed by atoms with Crippen LogP contribution in [0.1, 0.15) is 414 Å². The fourth-order valence-electron chi connectivity index (χ4n) is 12.2. The summed E-state index contributed by atoms with van der Waals surface area (Å²) in [7, 11) is -9.92. The highest BCUT2D eigenvalue weighted by molar-refractivity contribution is 7.47. The van der Waals surface area contributed by atoms with Crippen molar-refractivity contribution in [3.63, 3.8) is 0 Å². The summed E-state index contributed by atoms with van der Waals surface area (Å²) < 4.78 is 68.6. The average molecular weight is 1450 g/mol. The number of unbranched alkanes of at least 4 members (excludes halogenated alkanes) is 44. The third kappa shape index (κ3) is 71.5. The molecule has 0 fully saturated rings. The molecule has 0 aliphatic carbocycles. The summed E-state index contributed by atoms with van der Waals surface area (Å²) in [5, 5.41) is 10.6. The van der Waals surface area contributed by atoms with Crippen LogP contribution in [0.4, 0.5) is 0 Å². The Kier molecular flexibility index (Phi) is 69.0. The number of phosphoric acid groups is 2. The Hall–Kier alpha value is -1.94. The molecule has 0 radical (unpaired) electrons. The molecule has 0 rings (SSSR count). The molecule has 0 saturated heterocycles. The molecule has 0 bridgehead atoms. The van der Waals surface area contributed by atoms with Gasteiger partial charge in [-0.05, 0) is 43.4 Å². The number of carbonyl (C=O) groups excluding carboxylic acids is 4. The Balaban J connectivity index is 5.22. The van der Waals surface area contributed by atoms with Gasteiger partial charge in [-0.3, -0.25) is 37.3 Å². The summed E-state index contributed by atoms with van der Waals surface area (Å²) >= 11 is 0. The zero-order valence-corrected chi connectivity index (χ0v) is 66.8. The summed E-state index contributed by atoms with van der Waals surface area (Å²) in [6.07, 6.45) is 58.5. The standard InChI is InChI=1S/C80H156O17P2/c1-8-11-12-13-14-15-16-17-18-19-20-21-22-23-28-31-34-40-49-56-63-79(84)96-75(67-90-77(82)61-54-47-39-33-30-27-25-24-26-29-32-37-45-52-59-72(6)9-2)69-94-98(86,87)92-65-74(81)66-93-99(88,89)95-70-76(68-91-78(83)62-55-48-43-42-44-51-58-71(4)5)97-80(85)64-57-50-41-36-35-38-46-53-60-73(7)10-3/h71-76,81H,8-70H2,1-7H3,(H,86,87)(H,88,89)/t72?,73?,74-,75-,76-/m1/s1. The maximum atomic E-state index is 13.1. The van der Waals surface area contributed by atoms with Crippen LogP contribution in [0.5, 0.6) is 0 Å². The first-order valence-corrected chi connectivity index (χ1v) is 44.4. The number of hydrogen-bond acceptors (Lipinski definition) is 15. The number of aliphatic hydroxyl groups is 1. The number of rotatable bonds is 78. The van der Waals surface area contributed by atoms with Gasteiger partial charge in [0.25, 0.3) is 0 Å². The minimum Gasteiger partial charge on any atom is -0.462 e. The van der Waals surface area contributed by atoms with Crippen molar-refractivity contribution in [2.75, 3.05) is 39.6 Å². The molecule has 19 heteroatoms. The van der Waals surface area contributed by atoms with E-state index in [0.29, 0.717) is 31.6 Å². The molecule has 0 aromatic rings. The topological polar surface area (TPSA) is 237 Å². The SMILES string of the molecule is CCCCCCCCCCCCCCCCCCCCCCC(=O)O[C@H](COC(=O)CCCCCCCCCCCCCCCCC(C)CC)COP(=O)(O)OC[C@@H](O)COP(=O)(O)OC[C@@H](COC(=O)CCCCCCCCC(C)C)OC(=O)CCCCCCCCCCC(C)CC. The Labute approximate surface area is 607 Å². The Morgan fingerprint density at radius 1 is 0.293 bits per heavy atom. The van der Waals surface area contributed by atoms with Crippen molar-refractivity contribution in [1.82, 2.24) is 0 Å². The number of hydrogen-bond donors (Lipinski definition) is 3. The van der Waals surface area contributed by atoms with E-state index in [1.54, 1.807) is 0 Å². The van der Waals surface area contributed by atoms with Gasteiger partial charge < -0.3 is 33.8 Å². The van der Waals surface area contributed by atoms with Crippen molar-refractivity contribution >= 4 is 39.5 Å². The molecule has 0 amide bonds. The fourth-order valence-corrected chi connectivity index (χ4v) is 13.8. The van der Waals surface area contributed by atoms with Crippen LogP contribution >= 0.6 is 15.6 Å². The molecule has 0 saturated carbocycles. The van der Waals surface area contributed by atoms with Gasteiger partial charge in [-0.25, -0.2) is 9.13 Å². The lowest BCUT2D eigenvalue weighted by Crippen LogP contribution is -2.30. The Morgan fingerprint density at radius 3 is 0.768 bits per heavy atom. The third-order valence-electron chi connectivity index (χ3n) is 19.4. The monoisotopic (exact) mass is 1450 g/mol. The smallest absolute Gasteiger partial charge is 0.462 e. The largest absolute Gasteiger partial charge is 0.472 e. The number of aliphatic hydroxyl groups excluding tert-OH is 1. The second kappa shape index (κ2) is 70.4. The maximum absolute atomic E-state index is 13.1. The predicted molar refractivity (Wildman–Crippen MR) is 405 cm³/mol. The Morgan fingerprint density at radius 2 is 0.515 bits per heavy atom. The molecule has 0 aromatic heterocycles. The van der Waals surface area contributed by atoms with Gasteiger partial charge in [0.15, 0.2) is 12.2 Å². The minimum absolute atomic E-state index is 0.104. The molecule has 3 N–H and O–H groups in total. The van der Waals surface area contributed by atoms with E-state index in [9.17, 15) is 43.2 Å². The molecule has 0 aliphatic rings. The first kappa shape index (κ1) is 97.1. The van der Waals surface area contributed by atoms with Gasteiger partial charge in [-0.1, -0.05) is 363 Å². The highest BCUT2D eigenvalue weighted by Gasteiger charge is 2.30. The van der Waals surface area contributed by atoms with E-state index in [0.717, 1.165) is 108 Å². The van der Waals surface area contributed by atoms with Crippen LogP contribution in [0, 0.1) is 17.8 Å². The quantitative estimate of drug-likeness (QED) is 0.0222. The molecule has 588 valence electrons. The average Bonchev–Trinajstić information content (AvgIpc) is 0.992. The number of esters is 4. The van der Waals surface area contributed by atoms with E-state index in [1.165, 1.54) is 218 Å². The summed E-state index contributed by atoms with van der Waals surface area (Å²) in [5.41, 5.74) is 0. The Bertz CT molecular complexity index is 1930. The lowest BCUT2D eigenvalue weighted by molar-refractivity contribution is -0.161. The molecule has 17 nitrogen and oxygen atoms in total. The minimum atomic E-state index is -4.96. The van der Waals surface area contributed by atoms with E-state index in [4.69, 9.17) is 37.0 Å². The van der Waals surface area contributed by atoms with Crippen molar-refractivity contribution in [3.05, 3.63) is 0 Å². The highest BCUT2D eigenvalue weighted by Crippen LogP contribution is 2.45. The molecule has 7 atom stereocenters. The van der Waals surface area contributed by atoms with Crippen LogP contribution in [0.3, 0.4) is 0 Å². The molecule has 0 aliphatic heterocycles. The molecule has 99 heavy (non-hydrogen) atoms. The van der Waals surface area contributed by atoms with Gasteiger partial charge >= 0.3 is 39.5 Å². The summed E-state index contributed by atoms with van der Waals surface area (Å²) in [4.78, 5) is 72.9. The third-order valence-corrected chi connectivity index (χ3v) is 21.3. The zero-order chi connectivity index (χ0) is 73.0. The van der Waals surface area contributed by atoms with Crippen LogP contribution in [-0.4, -0.2) is 96.7 Å². The molecule has 0 aromatic carbocycles. The van der Waals surface area contributed by atoms with Crippen LogP contribution in [0.2, 0.25) is 0 Å². The number of phosphoric ester groups is 2.